The van der Waals surface area contributed by atoms with Crippen molar-refractivity contribution in [2.75, 3.05) is 0 Å². The zero-order valence-corrected chi connectivity index (χ0v) is 18.8. The molecule has 0 aromatic carbocycles. The topological polar surface area (TPSA) is 0 Å². The van der Waals surface area contributed by atoms with E-state index in [1.165, 1.54) is 57.8 Å². The van der Waals surface area contributed by atoms with Crippen LogP contribution in [0, 0.1) is 46.3 Å². The minimum Gasteiger partial charge on any atom is -0.0654 e. The third-order valence-corrected chi connectivity index (χ3v) is 9.07. The predicted molar refractivity (Wildman–Crippen MR) is 113 cm³/mol. The molecule has 0 bridgehead atoms. The molecule has 25 heavy (non-hydrogen) atoms. The van der Waals surface area contributed by atoms with Crippen LogP contribution in [0.3, 0.4) is 0 Å². The summed E-state index contributed by atoms with van der Waals surface area (Å²) in [4.78, 5) is 0. The Morgan fingerprint density at radius 2 is 1.60 bits per heavy atom. The molecule has 0 radical (unpaired) electrons. The van der Waals surface area contributed by atoms with E-state index < -0.39 is 0 Å². The van der Waals surface area contributed by atoms with Crippen molar-refractivity contribution in [2.24, 2.45) is 46.3 Å². The van der Waals surface area contributed by atoms with Crippen molar-refractivity contribution < 1.29 is 0 Å². The highest BCUT2D eigenvalue weighted by atomic mass is 14.8. The molecule has 2 aliphatic rings. The van der Waals surface area contributed by atoms with Gasteiger partial charge in [0, 0.05) is 0 Å². The smallest absolute Gasteiger partial charge is 0.0171 e. The van der Waals surface area contributed by atoms with Crippen LogP contribution in [0.5, 0.6) is 0 Å². The van der Waals surface area contributed by atoms with E-state index in [9.17, 15) is 0 Å². The molecule has 0 amide bonds. The largest absolute Gasteiger partial charge is 0.0654 e. The van der Waals surface area contributed by atoms with Gasteiger partial charge < -0.3 is 0 Å². The van der Waals surface area contributed by atoms with Gasteiger partial charge in [-0.3, -0.25) is 0 Å². The van der Waals surface area contributed by atoms with Crippen LogP contribution in [0.25, 0.3) is 0 Å². The molecule has 0 aromatic heterocycles. The molecule has 7 unspecified atom stereocenters. The summed E-state index contributed by atoms with van der Waals surface area (Å²) in [7, 11) is 0. The second-order valence-electron chi connectivity index (χ2n) is 10.3. The maximum atomic E-state index is 2.62. The highest BCUT2D eigenvalue weighted by Crippen LogP contribution is 2.80. The molecule has 0 heterocycles. The molecule has 0 N–H and O–H groups in total. The molecule has 148 valence electrons. The molecular formula is C25H48. The van der Waals surface area contributed by atoms with E-state index >= 15 is 0 Å². The first-order valence-corrected chi connectivity index (χ1v) is 11.9. The summed E-state index contributed by atoms with van der Waals surface area (Å²) in [6, 6.07) is 0. The zero-order chi connectivity index (χ0) is 18.8. The highest BCUT2D eigenvalue weighted by Gasteiger charge is 2.74. The summed E-state index contributed by atoms with van der Waals surface area (Å²) >= 11 is 0. The van der Waals surface area contributed by atoms with E-state index in [-0.39, 0.29) is 0 Å². The van der Waals surface area contributed by atoms with E-state index in [2.05, 4.69) is 55.4 Å². The first-order valence-electron chi connectivity index (χ1n) is 11.9. The fourth-order valence-electron chi connectivity index (χ4n) is 8.50. The van der Waals surface area contributed by atoms with Crippen LogP contribution in [0.4, 0.5) is 0 Å². The Balaban J connectivity index is 2.52. The number of hydrogen-bond acceptors (Lipinski definition) is 0. The average Bonchev–Trinajstić information content (AvgIpc) is 2.89. The van der Waals surface area contributed by atoms with Crippen molar-refractivity contribution in [3.05, 3.63) is 0 Å². The minimum absolute atomic E-state index is 0.621. The molecule has 2 fully saturated rings. The van der Waals surface area contributed by atoms with E-state index in [1.807, 2.05) is 0 Å². The molecule has 0 heteroatoms. The molecule has 7 atom stereocenters. The van der Waals surface area contributed by atoms with Crippen LogP contribution in [0.2, 0.25) is 0 Å². The molecule has 0 aliphatic heterocycles. The van der Waals surface area contributed by atoms with Crippen LogP contribution in [0.1, 0.15) is 113 Å². The fraction of sp³-hybridized carbons (Fsp3) is 1.00. The van der Waals surface area contributed by atoms with Gasteiger partial charge in [0.15, 0.2) is 0 Å². The number of rotatable bonds is 10. The lowest BCUT2D eigenvalue weighted by Gasteiger charge is -2.74. The van der Waals surface area contributed by atoms with Crippen molar-refractivity contribution in [1.82, 2.24) is 0 Å². The van der Waals surface area contributed by atoms with Gasteiger partial charge in [-0.15, -0.1) is 0 Å². The number of hydrogen-bond donors (Lipinski definition) is 0. The third-order valence-electron chi connectivity index (χ3n) is 9.07. The third kappa shape index (κ3) is 3.02. The van der Waals surface area contributed by atoms with Crippen molar-refractivity contribution in [2.45, 2.75) is 113 Å². The maximum Gasteiger partial charge on any atom is -0.0171 e. The number of fused-ring (bicyclic) bond motifs is 1. The van der Waals surface area contributed by atoms with E-state index in [0.717, 1.165) is 35.5 Å². The van der Waals surface area contributed by atoms with E-state index in [4.69, 9.17) is 0 Å². The van der Waals surface area contributed by atoms with Gasteiger partial charge in [0.2, 0.25) is 0 Å². The molecular weight excluding hydrogens is 300 g/mol. The van der Waals surface area contributed by atoms with Gasteiger partial charge in [-0.2, -0.15) is 0 Å². The second kappa shape index (κ2) is 8.35. The summed E-state index contributed by atoms with van der Waals surface area (Å²) in [5.74, 6) is 5.67. The van der Waals surface area contributed by atoms with Gasteiger partial charge in [-0.1, -0.05) is 81.1 Å². The van der Waals surface area contributed by atoms with Crippen LogP contribution < -0.4 is 0 Å². The van der Waals surface area contributed by atoms with Gasteiger partial charge in [0.25, 0.3) is 0 Å². The Hall–Kier alpha value is 0. The molecule has 2 saturated carbocycles. The summed E-state index contributed by atoms with van der Waals surface area (Å²) in [5, 5.41) is 0. The lowest BCUT2D eigenvalue weighted by molar-refractivity contribution is -0.262. The molecule has 0 saturated heterocycles. The summed E-state index contributed by atoms with van der Waals surface area (Å²) in [6.45, 7) is 20.1. The summed E-state index contributed by atoms with van der Waals surface area (Å²) < 4.78 is 0. The van der Waals surface area contributed by atoms with Crippen molar-refractivity contribution in [3.8, 4) is 0 Å². The first-order chi connectivity index (χ1) is 11.9. The Labute approximate surface area is 159 Å². The Morgan fingerprint density at radius 3 is 2.08 bits per heavy atom. The normalized spacial score (nSPS) is 40.0. The predicted octanol–water partition coefficient (Wildman–Crippen LogP) is 8.35. The molecule has 0 aromatic rings. The Morgan fingerprint density at radius 1 is 0.920 bits per heavy atom. The van der Waals surface area contributed by atoms with Gasteiger partial charge in [0.1, 0.15) is 0 Å². The van der Waals surface area contributed by atoms with Crippen LogP contribution in [-0.2, 0) is 0 Å². The standard InChI is InChI=1S/C25H48/c1-9-13-19(7)17-25-21(18(5)6)15-16-23(25)22(14-10-2)24(25,12-4)20(8)11-3/h18-23H,9-17H2,1-8H3. The average molecular weight is 349 g/mol. The van der Waals surface area contributed by atoms with Gasteiger partial charge in [-0.05, 0) is 78.4 Å². The van der Waals surface area contributed by atoms with Gasteiger partial charge in [-0.25, -0.2) is 0 Å². The lowest BCUT2D eigenvalue weighted by Crippen LogP contribution is -2.68. The fourth-order valence-corrected chi connectivity index (χ4v) is 8.50. The van der Waals surface area contributed by atoms with Gasteiger partial charge >= 0.3 is 0 Å². The highest BCUT2D eigenvalue weighted by molar-refractivity contribution is 5.22. The van der Waals surface area contributed by atoms with Crippen LogP contribution in [-0.4, -0.2) is 0 Å². The quantitative estimate of drug-likeness (QED) is 0.372. The Bertz CT molecular complexity index is 410. The van der Waals surface area contributed by atoms with Crippen molar-refractivity contribution in [3.63, 3.8) is 0 Å². The van der Waals surface area contributed by atoms with E-state index in [1.54, 1.807) is 0 Å². The first kappa shape index (κ1) is 21.3. The van der Waals surface area contributed by atoms with Crippen LogP contribution >= 0.6 is 0 Å². The minimum atomic E-state index is 0.621. The molecule has 0 nitrogen and oxygen atoms in total. The van der Waals surface area contributed by atoms with Crippen LogP contribution in [0.15, 0.2) is 0 Å². The molecule has 2 aliphatic carbocycles. The van der Waals surface area contributed by atoms with Crippen molar-refractivity contribution >= 4 is 0 Å². The molecule has 0 spiro atoms. The van der Waals surface area contributed by atoms with Gasteiger partial charge in [0.05, 0.1) is 0 Å². The Kier molecular flexibility index (Phi) is 7.11. The lowest BCUT2D eigenvalue weighted by atomic mass is 9.31. The van der Waals surface area contributed by atoms with E-state index in [0.29, 0.717) is 10.8 Å². The zero-order valence-electron chi connectivity index (χ0n) is 18.8. The maximum absolute atomic E-state index is 2.62. The second-order valence-corrected chi connectivity index (χ2v) is 10.3. The SMILES string of the molecule is CCCC(C)CC12C(C(C)C)CCC1C(CCC)C2(CC)C(C)CC. The monoisotopic (exact) mass is 348 g/mol. The summed E-state index contributed by atoms with van der Waals surface area (Å²) in [5.41, 5.74) is 1.27. The molecule has 2 rings (SSSR count). The summed E-state index contributed by atoms with van der Waals surface area (Å²) in [6.07, 6.45) is 13.0. The van der Waals surface area contributed by atoms with Crippen molar-refractivity contribution in [1.29, 1.82) is 0 Å².